The smallest absolute Gasteiger partial charge is 0.179 e. The van der Waals surface area contributed by atoms with Crippen LogP contribution in [0.3, 0.4) is 0 Å². The number of hydrogen-bond acceptors (Lipinski definition) is 3. The van der Waals surface area contributed by atoms with Gasteiger partial charge in [0.05, 0.1) is 11.7 Å². The molecular weight excluding hydrogens is 330 g/mol. The van der Waals surface area contributed by atoms with Crippen molar-refractivity contribution in [2.75, 3.05) is 13.1 Å². The monoisotopic (exact) mass is 355 g/mol. The quantitative estimate of drug-likeness (QED) is 0.723. The van der Waals surface area contributed by atoms with Crippen LogP contribution in [-0.4, -0.2) is 37.3 Å². The summed E-state index contributed by atoms with van der Waals surface area (Å²) in [6, 6.07) is 11.1. The molecule has 0 radical (unpaired) electrons. The first-order valence-corrected chi connectivity index (χ1v) is 9.50. The number of imidazole rings is 1. The molecule has 2 aromatic heterocycles. The Morgan fingerprint density at radius 2 is 2.08 bits per heavy atom. The normalized spacial score (nSPS) is 18.9. The second kappa shape index (κ2) is 6.77. The topological polar surface area (TPSA) is 41.8 Å². The first-order valence-electron chi connectivity index (χ1n) is 9.09. The van der Waals surface area contributed by atoms with Crippen molar-refractivity contribution in [1.82, 2.24) is 24.2 Å². The SMILES string of the molecule is CCc1nn(C)c2c1[nH]c(=S)n2C1CCCN(Cc2ccccc2)C1. The fourth-order valence-electron chi connectivity index (χ4n) is 4.05. The van der Waals surface area contributed by atoms with E-state index in [1.54, 1.807) is 0 Å². The fraction of sp³-hybridized carbons (Fsp3) is 0.474. The largest absolute Gasteiger partial charge is 0.328 e. The molecule has 1 aromatic carbocycles. The molecule has 3 aromatic rings. The predicted molar refractivity (Wildman–Crippen MR) is 103 cm³/mol. The number of aromatic nitrogens is 4. The minimum absolute atomic E-state index is 0.402. The van der Waals surface area contributed by atoms with Crippen LogP contribution in [0.2, 0.25) is 0 Å². The summed E-state index contributed by atoms with van der Waals surface area (Å²) in [7, 11) is 2.02. The molecule has 132 valence electrons. The number of nitrogens with zero attached hydrogens (tertiary/aromatic N) is 4. The molecule has 1 fully saturated rings. The minimum atomic E-state index is 0.402. The third-order valence-electron chi connectivity index (χ3n) is 5.20. The highest BCUT2D eigenvalue weighted by molar-refractivity contribution is 7.71. The van der Waals surface area contributed by atoms with Crippen molar-refractivity contribution in [3.8, 4) is 0 Å². The standard InChI is InChI=1S/C19H25N5S/c1-3-16-17-18(22(2)21-16)24(19(25)20-17)15-10-7-11-23(13-15)12-14-8-5-4-6-9-14/h4-6,8-9,15H,3,7,10-13H2,1-2H3,(H,20,25). The molecule has 0 bridgehead atoms. The maximum atomic E-state index is 5.67. The Hall–Kier alpha value is -1.92. The molecule has 0 saturated carbocycles. The lowest BCUT2D eigenvalue weighted by atomic mass is 10.0. The van der Waals surface area contributed by atoms with Gasteiger partial charge in [0.1, 0.15) is 5.52 Å². The van der Waals surface area contributed by atoms with E-state index in [9.17, 15) is 0 Å². The first kappa shape index (κ1) is 16.5. The van der Waals surface area contributed by atoms with Crippen molar-refractivity contribution in [2.45, 2.75) is 38.8 Å². The van der Waals surface area contributed by atoms with E-state index in [1.807, 2.05) is 11.7 Å². The highest BCUT2D eigenvalue weighted by atomic mass is 32.1. The van der Waals surface area contributed by atoms with E-state index in [1.165, 1.54) is 18.4 Å². The van der Waals surface area contributed by atoms with Crippen molar-refractivity contribution >= 4 is 23.4 Å². The van der Waals surface area contributed by atoms with Crippen LogP contribution in [0.4, 0.5) is 0 Å². The van der Waals surface area contributed by atoms with Gasteiger partial charge in [-0.3, -0.25) is 14.1 Å². The third kappa shape index (κ3) is 3.04. The number of rotatable bonds is 4. The first-order chi connectivity index (χ1) is 12.2. The molecule has 0 amide bonds. The number of nitrogens with one attached hydrogen (secondary N) is 1. The van der Waals surface area contributed by atoms with Gasteiger partial charge in [0.2, 0.25) is 0 Å². The number of fused-ring (bicyclic) bond motifs is 1. The van der Waals surface area contributed by atoms with Crippen LogP contribution in [-0.2, 0) is 20.0 Å². The Bertz CT molecular complexity index is 921. The van der Waals surface area contributed by atoms with Crippen molar-refractivity contribution in [2.24, 2.45) is 7.05 Å². The highest BCUT2D eigenvalue weighted by Gasteiger charge is 2.25. The van der Waals surface area contributed by atoms with Gasteiger partial charge in [0, 0.05) is 20.1 Å². The van der Waals surface area contributed by atoms with Gasteiger partial charge in [-0.15, -0.1) is 0 Å². The summed E-state index contributed by atoms with van der Waals surface area (Å²) in [5, 5.41) is 4.66. The zero-order valence-corrected chi connectivity index (χ0v) is 15.7. The van der Waals surface area contributed by atoms with E-state index in [2.05, 4.69) is 56.8 Å². The van der Waals surface area contributed by atoms with E-state index in [0.717, 1.165) is 47.7 Å². The van der Waals surface area contributed by atoms with E-state index in [-0.39, 0.29) is 0 Å². The van der Waals surface area contributed by atoms with Gasteiger partial charge in [-0.25, -0.2) is 0 Å². The molecule has 4 rings (SSSR count). The number of hydrogen-bond donors (Lipinski definition) is 1. The van der Waals surface area contributed by atoms with Crippen LogP contribution in [0.15, 0.2) is 30.3 Å². The Kier molecular flexibility index (Phi) is 4.48. The highest BCUT2D eigenvalue weighted by Crippen LogP contribution is 2.28. The summed E-state index contributed by atoms with van der Waals surface area (Å²) < 4.78 is 5.11. The lowest BCUT2D eigenvalue weighted by molar-refractivity contribution is 0.171. The van der Waals surface area contributed by atoms with Gasteiger partial charge >= 0.3 is 0 Å². The van der Waals surface area contributed by atoms with Gasteiger partial charge in [-0.2, -0.15) is 5.10 Å². The van der Waals surface area contributed by atoms with Gasteiger partial charge in [0.15, 0.2) is 10.4 Å². The Morgan fingerprint density at radius 1 is 1.28 bits per heavy atom. The molecule has 0 aliphatic carbocycles. The molecule has 1 atom stereocenters. The average molecular weight is 356 g/mol. The zero-order chi connectivity index (χ0) is 17.4. The Balaban J connectivity index is 1.63. The molecule has 1 unspecified atom stereocenters. The van der Waals surface area contributed by atoms with Gasteiger partial charge in [-0.1, -0.05) is 37.3 Å². The van der Waals surface area contributed by atoms with E-state index < -0.39 is 0 Å². The second-order valence-corrected chi connectivity index (χ2v) is 7.33. The van der Waals surface area contributed by atoms with Crippen molar-refractivity contribution < 1.29 is 0 Å². The number of piperidine rings is 1. The number of aromatic amines is 1. The molecule has 1 aliphatic heterocycles. The molecule has 1 aliphatic rings. The van der Waals surface area contributed by atoms with Crippen LogP contribution >= 0.6 is 12.2 Å². The Morgan fingerprint density at radius 3 is 2.84 bits per heavy atom. The lowest BCUT2D eigenvalue weighted by Crippen LogP contribution is -2.36. The average Bonchev–Trinajstić information content (AvgIpc) is 3.12. The van der Waals surface area contributed by atoms with E-state index >= 15 is 0 Å². The van der Waals surface area contributed by atoms with Crippen molar-refractivity contribution in [3.63, 3.8) is 0 Å². The molecular formula is C19H25N5S. The maximum absolute atomic E-state index is 5.67. The molecule has 25 heavy (non-hydrogen) atoms. The van der Waals surface area contributed by atoms with Crippen molar-refractivity contribution in [3.05, 3.63) is 46.4 Å². The van der Waals surface area contributed by atoms with Gasteiger partial charge in [-0.05, 0) is 43.6 Å². The summed E-state index contributed by atoms with van der Waals surface area (Å²) in [5.74, 6) is 0. The summed E-state index contributed by atoms with van der Waals surface area (Å²) in [4.78, 5) is 5.95. The predicted octanol–water partition coefficient (Wildman–Crippen LogP) is 3.83. The van der Waals surface area contributed by atoms with Crippen LogP contribution in [0, 0.1) is 4.77 Å². The van der Waals surface area contributed by atoms with E-state index in [0.29, 0.717) is 6.04 Å². The molecule has 6 heteroatoms. The van der Waals surface area contributed by atoms with Gasteiger partial charge in [0.25, 0.3) is 0 Å². The molecule has 1 N–H and O–H groups in total. The van der Waals surface area contributed by atoms with Crippen LogP contribution in [0.25, 0.3) is 11.2 Å². The number of benzene rings is 1. The number of likely N-dealkylation sites (tertiary alicyclic amines) is 1. The van der Waals surface area contributed by atoms with Crippen molar-refractivity contribution in [1.29, 1.82) is 0 Å². The van der Waals surface area contributed by atoms with Crippen LogP contribution in [0.5, 0.6) is 0 Å². The second-order valence-electron chi connectivity index (χ2n) is 6.94. The number of H-pyrrole nitrogens is 1. The van der Waals surface area contributed by atoms with E-state index in [4.69, 9.17) is 12.2 Å². The molecule has 0 spiro atoms. The zero-order valence-electron chi connectivity index (χ0n) is 14.9. The summed E-state index contributed by atoms with van der Waals surface area (Å²) in [6.45, 7) is 5.32. The maximum Gasteiger partial charge on any atom is 0.179 e. The third-order valence-corrected chi connectivity index (χ3v) is 5.50. The molecule has 1 saturated heterocycles. The van der Waals surface area contributed by atoms with Crippen LogP contribution in [0.1, 0.15) is 37.1 Å². The summed E-state index contributed by atoms with van der Waals surface area (Å²) in [6.07, 6.45) is 3.28. The molecule has 3 heterocycles. The summed E-state index contributed by atoms with van der Waals surface area (Å²) in [5.41, 5.74) is 4.71. The minimum Gasteiger partial charge on any atom is -0.328 e. The van der Waals surface area contributed by atoms with Gasteiger partial charge < -0.3 is 4.98 Å². The number of aryl methyl sites for hydroxylation is 2. The molecule has 5 nitrogen and oxygen atoms in total. The lowest BCUT2D eigenvalue weighted by Gasteiger charge is -2.33. The Labute approximate surface area is 153 Å². The summed E-state index contributed by atoms with van der Waals surface area (Å²) >= 11 is 5.67. The van der Waals surface area contributed by atoms with Crippen LogP contribution < -0.4 is 0 Å². The fourth-order valence-corrected chi connectivity index (χ4v) is 4.39.